The first-order valence-electron chi connectivity index (χ1n) is 3.85. The number of hydrogen-bond donors (Lipinski definition) is 2. The lowest BCUT2D eigenvalue weighted by atomic mass is 10.1. The standard InChI is InChI=1S/C8H18N2/c1-4-7(2)5-6-10-8(3)9/h7,10H,3-6,9H2,1-2H3. The fourth-order valence-corrected chi connectivity index (χ4v) is 0.683. The lowest BCUT2D eigenvalue weighted by molar-refractivity contribution is 0.503. The maximum absolute atomic E-state index is 5.31. The molecule has 1 atom stereocenters. The molecule has 0 saturated carbocycles. The van der Waals surface area contributed by atoms with Crippen LogP contribution in [0, 0.1) is 5.92 Å². The molecule has 2 nitrogen and oxygen atoms in total. The highest BCUT2D eigenvalue weighted by Gasteiger charge is 1.96. The van der Waals surface area contributed by atoms with Gasteiger partial charge in [0, 0.05) is 6.54 Å². The third-order valence-corrected chi connectivity index (χ3v) is 1.69. The zero-order chi connectivity index (χ0) is 7.98. The Bertz CT molecular complexity index is 99.4. The lowest BCUT2D eigenvalue weighted by Gasteiger charge is -2.08. The molecule has 0 aromatic heterocycles. The topological polar surface area (TPSA) is 38.0 Å². The van der Waals surface area contributed by atoms with Crippen LogP contribution in [0.2, 0.25) is 0 Å². The van der Waals surface area contributed by atoms with Gasteiger partial charge < -0.3 is 11.1 Å². The van der Waals surface area contributed by atoms with E-state index in [0.717, 1.165) is 12.5 Å². The van der Waals surface area contributed by atoms with Gasteiger partial charge in [-0.15, -0.1) is 0 Å². The second-order valence-corrected chi connectivity index (χ2v) is 2.75. The van der Waals surface area contributed by atoms with Crippen LogP contribution in [0.4, 0.5) is 0 Å². The van der Waals surface area contributed by atoms with Crippen LogP contribution in [-0.4, -0.2) is 6.54 Å². The summed E-state index contributed by atoms with van der Waals surface area (Å²) in [4.78, 5) is 0. The Labute approximate surface area is 63.5 Å². The fraction of sp³-hybridized carbons (Fsp3) is 0.750. The molecule has 0 spiro atoms. The van der Waals surface area contributed by atoms with Crippen LogP contribution < -0.4 is 11.1 Å². The molecule has 60 valence electrons. The van der Waals surface area contributed by atoms with E-state index in [9.17, 15) is 0 Å². The molecule has 0 aromatic carbocycles. The fourth-order valence-electron chi connectivity index (χ4n) is 0.683. The van der Waals surface area contributed by atoms with Gasteiger partial charge >= 0.3 is 0 Å². The largest absolute Gasteiger partial charge is 0.386 e. The monoisotopic (exact) mass is 142 g/mol. The molecule has 0 bridgehead atoms. The van der Waals surface area contributed by atoms with Gasteiger partial charge in [-0.2, -0.15) is 0 Å². The van der Waals surface area contributed by atoms with Crippen molar-refractivity contribution in [2.24, 2.45) is 11.7 Å². The average Bonchev–Trinajstić information content (AvgIpc) is 1.87. The normalized spacial score (nSPS) is 12.6. The summed E-state index contributed by atoms with van der Waals surface area (Å²) < 4.78 is 0. The van der Waals surface area contributed by atoms with E-state index in [4.69, 9.17) is 5.73 Å². The summed E-state index contributed by atoms with van der Waals surface area (Å²) in [7, 11) is 0. The molecule has 10 heavy (non-hydrogen) atoms. The third-order valence-electron chi connectivity index (χ3n) is 1.69. The summed E-state index contributed by atoms with van der Waals surface area (Å²) in [5.41, 5.74) is 5.31. The maximum atomic E-state index is 5.31. The number of nitrogens with two attached hydrogens (primary N) is 1. The molecule has 2 heteroatoms. The Hall–Kier alpha value is -0.660. The van der Waals surface area contributed by atoms with Gasteiger partial charge in [0.05, 0.1) is 5.82 Å². The van der Waals surface area contributed by atoms with Crippen molar-refractivity contribution < 1.29 is 0 Å². The molecular formula is C8H18N2. The van der Waals surface area contributed by atoms with Crippen LogP contribution in [0.3, 0.4) is 0 Å². The first-order valence-corrected chi connectivity index (χ1v) is 3.85. The van der Waals surface area contributed by atoms with Gasteiger partial charge in [-0.1, -0.05) is 26.8 Å². The summed E-state index contributed by atoms with van der Waals surface area (Å²) in [5, 5.41) is 2.99. The Balaban J connectivity index is 3.11. The molecule has 3 N–H and O–H groups in total. The van der Waals surface area contributed by atoms with E-state index >= 15 is 0 Å². The highest BCUT2D eigenvalue weighted by molar-refractivity contribution is 4.81. The van der Waals surface area contributed by atoms with Crippen LogP contribution in [0.1, 0.15) is 26.7 Å². The Kier molecular flexibility index (Phi) is 4.81. The molecule has 0 aromatic rings. The van der Waals surface area contributed by atoms with Gasteiger partial charge in [-0.3, -0.25) is 0 Å². The van der Waals surface area contributed by atoms with Gasteiger partial charge in [0.25, 0.3) is 0 Å². The zero-order valence-electron chi connectivity index (χ0n) is 6.98. The van der Waals surface area contributed by atoms with Crippen molar-refractivity contribution in [3.8, 4) is 0 Å². The summed E-state index contributed by atoms with van der Waals surface area (Å²) in [6.45, 7) is 8.93. The summed E-state index contributed by atoms with van der Waals surface area (Å²) >= 11 is 0. The summed E-state index contributed by atoms with van der Waals surface area (Å²) in [5.74, 6) is 1.36. The lowest BCUT2D eigenvalue weighted by Crippen LogP contribution is -2.21. The number of hydrogen-bond acceptors (Lipinski definition) is 2. The number of rotatable bonds is 5. The average molecular weight is 142 g/mol. The van der Waals surface area contributed by atoms with Gasteiger partial charge in [-0.05, 0) is 12.3 Å². The van der Waals surface area contributed by atoms with Gasteiger partial charge in [0.15, 0.2) is 0 Å². The van der Waals surface area contributed by atoms with E-state index in [-0.39, 0.29) is 0 Å². The molecular weight excluding hydrogens is 124 g/mol. The second kappa shape index (κ2) is 5.15. The minimum absolute atomic E-state index is 0.573. The first kappa shape index (κ1) is 9.34. The number of nitrogens with one attached hydrogen (secondary N) is 1. The van der Waals surface area contributed by atoms with Gasteiger partial charge in [0.2, 0.25) is 0 Å². The predicted octanol–water partition coefficient (Wildman–Crippen LogP) is 1.44. The van der Waals surface area contributed by atoms with Crippen LogP contribution >= 0.6 is 0 Å². The molecule has 0 heterocycles. The summed E-state index contributed by atoms with van der Waals surface area (Å²) in [6.07, 6.45) is 2.41. The van der Waals surface area contributed by atoms with E-state index in [2.05, 4.69) is 25.7 Å². The predicted molar refractivity (Wildman–Crippen MR) is 45.4 cm³/mol. The van der Waals surface area contributed by atoms with Crippen molar-refractivity contribution >= 4 is 0 Å². The van der Waals surface area contributed by atoms with Gasteiger partial charge in [-0.25, -0.2) is 0 Å². The van der Waals surface area contributed by atoms with Crippen molar-refractivity contribution in [3.05, 3.63) is 12.4 Å². The van der Waals surface area contributed by atoms with Crippen LogP contribution in [0.5, 0.6) is 0 Å². The van der Waals surface area contributed by atoms with Crippen molar-refractivity contribution in [1.82, 2.24) is 5.32 Å². The molecule has 0 amide bonds. The first-order chi connectivity index (χ1) is 4.66. The van der Waals surface area contributed by atoms with Crippen molar-refractivity contribution in [1.29, 1.82) is 0 Å². The minimum Gasteiger partial charge on any atom is -0.386 e. The Morgan fingerprint density at radius 2 is 2.30 bits per heavy atom. The quantitative estimate of drug-likeness (QED) is 0.609. The Morgan fingerprint density at radius 3 is 2.70 bits per heavy atom. The van der Waals surface area contributed by atoms with E-state index in [1.807, 2.05) is 0 Å². The highest BCUT2D eigenvalue weighted by Crippen LogP contribution is 2.04. The second-order valence-electron chi connectivity index (χ2n) is 2.75. The van der Waals surface area contributed by atoms with Crippen LogP contribution in [-0.2, 0) is 0 Å². The molecule has 0 rings (SSSR count). The van der Waals surface area contributed by atoms with E-state index in [1.54, 1.807) is 0 Å². The van der Waals surface area contributed by atoms with Crippen molar-refractivity contribution in [2.75, 3.05) is 6.54 Å². The molecule has 1 unspecified atom stereocenters. The third kappa shape index (κ3) is 5.48. The van der Waals surface area contributed by atoms with E-state index in [0.29, 0.717) is 5.82 Å². The van der Waals surface area contributed by atoms with E-state index < -0.39 is 0 Å². The Morgan fingerprint density at radius 1 is 1.70 bits per heavy atom. The highest BCUT2D eigenvalue weighted by atomic mass is 15.0. The molecule has 0 radical (unpaired) electrons. The van der Waals surface area contributed by atoms with Gasteiger partial charge in [0.1, 0.15) is 0 Å². The summed E-state index contributed by atoms with van der Waals surface area (Å²) in [6, 6.07) is 0. The molecule has 0 aliphatic carbocycles. The van der Waals surface area contributed by atoms with Crippen LogP contribution in [0.15, 0.2) is 12.4 Å². The van der Waals surface area contributed by atoms with Crippen molar-refractivity contribution in [2.45, 2.75) is 26.7 Å². The molecule has 0 saturated heterocycles. The minimum atomic E-state index is 0.573. The molecule has 0 aliphatic rings. The molecule has 0 fully saturated rings. The molecule has 0 aliphatic heterocycles. The SMILES string of the molecule is C=C(N)NCCC(C)CC. The van der Waals surface area contributed by atoms with E-state index in [1.165, 1.54) is 12.8 Å². The van der Waals surface area contributed by atoms with Crippen molar-refractivity contribution in [3.63, 3.8) is 0 Å². The van der Waals surface area contributed by atoms with Crippen LogP contribution in [0.25, 0.3) is 0 Å². The zero-order valence-corrected chi connectivity index (χ0v) is 6.98. The smallest absolute Gasteiger partial charge is 0.0885 e. The maximum Gasteiger partial charge on any atom is 0.0885 e.